The van der Waals surface area contributed by atoms with Crippen LogP contribution in [0.15, 0.2) is 78.0 Å². The number of thioether (sulfide) groups is 1. The number of methoxy groups -OCH3 is 4. The Hall–Kier alpha value is -5.75. The summed E-state index contributed by atoms with van der Waals surface area (Å²) in [5, 5.41) is 16.2. The Kier molecular flexibility index (Phi) is 15.3. The van der Waals surface area contributed by atoms with E-state index in [1.807, 2.05) is 38.1 Å². The molecule has 0 spiro atoms. The Morgan fingerprint density at radius 2 is 1.59 bits per heavy atom. The Balaban J connectivity index is 0.00000102. The van der Waals surface area contributed by atoms with Crippen molar-refractivity contribution in [2.45, 2.75) is 48.7 Å². The van der Waals surface area contributed by atoms with E-state index in [0.717, 1.165) is 15.7 Å². The first-order valence-electron chi connectivity index (χ1n) is 15.9. The largest absolute Gasteiger partial charge is 0.493 e. The third kappa shape index (κ3) is 11.6. The van der Waals surface area contributed by atoms with Crippen LogP contribution in [0.4, 0.5) is 29.3 Å². The minimum Gasteiger partial charge on any atom is -0.493 e. The third-order valence-electron chi connectivity index (χ3n) is 7.51. The number of anilines is 2. The Morgan fingerprint density at radius 1 is 0.907 bits per heavy atom. The maximum atomic E-state index is 14.5. The number of ether oxygens (including phenoxy) is 4. The van der Waals surface area contributed by atoms with E-state index in [4.69, 9.17) is 34.7 Å². The predicted molar refractivity (Wildman–Crippen MR) is 195 cm³/mol. The van der Waals surface area contributed by atoms with Gasteiger partial charge in [-0.2, -0.15) is 13.2 Å². The molecule has 54 heavy (non-hydrogen) atoms. The minimum atomic E-state index is -5.08. The number of nitrogens with zero attached hydrogens (tertiary/aromatic N) is 2. The smallest absolute Gasteiger partial charge is 0.490 e. The maximum absolute atomic E-state index is 14.5. The van der Waals surface area contributed by atoms with Crippen LogP contribution in [0.3, 0.4) is 0 Å². The van der Waals surface area contributed by atoms with Gasteiger partial charge in [0.15, 0.2) is 11.5 Å². The molecular weight excluding hydrogens is 735 g/mol. The first-order chi connectivity index (χ1) is 25.5. The molecule has 1 heterocycles. The number of pyridine rings is 1. The number of fused-ring (bicyclic) bond motifs is 1. The van der Waals surface area contributed by atoms with Crippen molar-refractivity contribution in [1.29, 1.82) is 0 Å². The zero-order valence-corrected chi connectivity index (χ0v) is 30.9. The van der Waals surface area contributed by atoms with Gasteiger partial charge >= 0.3 is 24.2 Å². The molecule has 0 radical (unpaired) electrons. The zero-order valence-electron chi connectivity index (χ0n) is 30.1. The average molecular weight is 776 g/mol. The normalized spacial score (nSPS) is 12.1. The van der Waals surface area contributed by atoms with Crippen LogP contribution >= 0.6 is 11.8 Å². The van der Waals surface area contributed by atoms with E-state index in [1.165, 1.54) is 33.4 Å². The fourth-order valence-electron chi connectivity index (χ4n) is 5.01. The van der Waals surface area contributed by atoms with Crippen LogP contribution in [-0.4, -0.2) is 73.9 Å². The van der Waals surface area contributed by atoms with Crippen molar-refractivity contribution >= 4 is 57.8 Å². The lowest BCUT2D eigenvalue weighted by atomic mass is 9.99. The second-order valence-electron chi connectivity index (χ2n) is 11.5. The molecule has 3 aromatic carbocycles. The molecule has 4 rings (SSSR count). The fourth-order valence-corrected chi connectivity index (χ4v) is 6.00. The SMILES string of the molecule is COC(=O)CC(NC(=O)[C@@H](c1ccc(OC)c(OC)c1)N(N)c1ccc2cnccc2c1)c1cc(NC(=O)OC)ccc1SC(C)C.O=C(O)C(F)(F)F. The number of carboxylic acid groups (broad SMARTS) is 1. The van der Waals surface area contributed by atoms with Crippen molar-refractivity contribution in [2.24, 2.45) is 5.84 Å². The fraction of sp³-hybridized carbons (Fsp3) is 0.306. The Morgan fingerprint density at radius 3 is 2.19 bits per heavy atom. The van der Waals surface area contributed by atoms with Crippen LogP contribution in [-0.2, 0) is 23.9 Å². The van der Waals surface area contributed by atoms with Gasteiger partial charge in [0, 0.05) is 33.6 Å². The summed E-state index contributed by atoms with van der Waals surface area (Å²) in [6.07, 6.45) is -2.51. The Labute approximate surface area is 313 Å². The van der Waals surface area contributed by atoms with Crippen LogP contribution in [0.25, 0.3) is 10.8 Å². The molecule has 0 fully saturated rings. The van der Waals surface area contributed by atoms with Crippen LogP contribution in [0.2, 0.25) is 0 Å². The van der Waals surface area contributed by atoms with Gasteiger partial charge in [-0.05, 0) is 65.0 Å². The molecule has 0 saturated carbocycles. The standard InChI is InChI=1S/C34H39N5O7S.C2HF3O2/c1-20(2)47-30-12-9-24(37-34(42)46-6)17-26(30)27(18-31(40)45-5)38-33(41)32(22-8-11-28(43-3)29(16-22)44-4)39(35)25-10-7-23-19-36-14-13-21(23)15-25;3-2(4,5)1(6)7/h7-17,19-20,27,32H,18,35H2,1-6H3,(H,37,42)(H,38,41);(H,6,7)/t27?,32-;/m1./s1. The number of carbonyl (C=O) groups excluding carboxylic acids is 3. The van der Waals surface area contributed by atoms with Crippen LogP contribution in [0.5, 0.6) is 11.5 Å². The van der Waals surface area contributed by atoms with Crippen molar-refractivity contribution in [3.63, 3.8) is 0 Å². The molecule has 0 aliphatic carbocycles. The number of rotatable bonds is 13. The summed E-state index contributed by atoms with van der Waals surface area (Å²) in [7, 11) is 5.57. The summed E-state index contributed by atoms with van der Waals surface area (Å²) in [6, 6.07) is 15.8. The summed E-state index contributed by atoms with van der Waals surface area (Å²) in [5.41, 5.74) is 2.09. The van der Waals surface area contributed by atoms with E-state index in [0.29, 0.717) is 34.0 Å². The van der Waals surface area contributed by atoms with Gasteiger partial charge in [0.1, 0.15) is 6.04 Å². The molecule has 2 atom stereocenters. The van der Waals surface area contributed by atoms with Crippen molar-refractivity contribution < 1.29 is 56.4 Å². The van der Waals surface area contributed by atoms with Crippen molar-refractivity contribution in [3.8, 4) is 11.5 Å². The van der Waals surface area contributed by atoms with Crippen LogP contribution in [0.1, 0.15) is 43.5 Å². The summed E-state index contributed by atoms with van der Waals surface area (Å²) in [5.74, 6) is 3.86. The monoisotopic (exact) mass is 775 g/mol. The lowest BCUT2D eigenvalue weighted by Gasteiger charge is -2.31. The number of amides is 2. The number of halogens is 3. The summed E-state index contributed by atoms with van der Waals surface area (Å²) in [4.78, 5) is 53.2. The molecule has 0 bridgehead atoms. The van der Waals surface area contributed by atoms with Gasteiger partial charge in [-0.25, -0.2) is 15.4 Å². The number of carboxylic acids is 1. The highest BCUT2D eigenvalue weighted by atomic mass is 32.2. The summed E-state index contributed by atoms with van der Waals surface area (Å²) >= 11 is 1.55. The van der Waals surface area contributed by atoms with Crippen LogP contribution < -0.4 is 31.0 Å². The Bertz CT molecular complexity index is 1950. The molecule has 1 aromatic heterocycles. The molecular formula is C36H40F3N5O9S. The lowest BCUT2D eigenvalue weighted by molar-refractivity contribution is -0.192. The van der Waals surface area contributed by atoms with Gasteiger partial charge in [-0.3, -0.25) is 24.9 Å². The second-order valence-corrected chi connectivity index (χ2v) is 13.1. The molecule has 0 aliphatic rings. The van der Waals surface area contributed by atoms with Gasteiger partial charge in [-0.15, -0.1) is 11.8 Å². The van der Waals surface area contributed by atoms with Gasteiger partial charge in [0.05, 0.1) is 46.6 Å². The van der Waals surface area contributed by atoms with Gasteiger partial charge in [0.25, 0.3) is 0 Å². The van der Waals surface area contributed by atoms with E-state index in [1.54, 1.807) is 60.6 Å². The molecule has 1 unspecified atom stereocenters. The number of hydrogen-bond donors (Lipinski definition) is 4. The van der Waals surface area contributed by atoms with Crippen LogP contribution in [0, 0.1) is 0 Å². The molecule has 0 saturated heterocycles. The van der Waals surface area contributed by atoms with E-state index < -0.39 is 42.2 Å². The van der Waals surface area contributed by atoms with E-state index in [2.05, 4.69) is 15.6 Å². The zero-order chi connectivity index (χ0) is 40.2. The number of hydrazine groups is 1. The van der Waals surface area contributed by atoms with Gasteiger partial charge in [0.2, 0.25) is 5.91 Å². The summed E-state index contributed by atoms with van der Waals surface area (Å²) < 4.78 is 52.5. The highest BCUT2D eigenvalue weighted by molar-refractivity contribution is 8.00. The number of nitrogens with one attached hydrogen (secondary N) is 2. The molecule has 4 aromatic rings. The van der Waals surface area contributed by atoms with E-state index in [9.17, 15) is 27.6 Å². The number of aliphatic carboxylic acids is 1. The van der Waals surface area contributed by atoms with Crippen molar-refractivity contribution in [3.05, 3.63) is 84.2 Å². The molecule has 290 valence electrons. The number of aromatic nitrogens is 1. The highest BCUT2D eigenvalue weighted by Gasteiger charge is 2.38. The second kappa shape index (κ2) is 19.4. The lowest BCUT2D eigenvalue weighted by Crippen LogP contribution is -2.46. The molecule has 18 heteroatoms. The summed E-state index contributed by atoms with van der Waals surface area (Å²) in [6.45, 7) is 4.06. The van der Waals surface area contributed by atoms with Gasteiger partial charge < -0.3 is 29.4 Å². The number of benzene rings is 3. The predicted octanol–water partition coefficient (Wildman–Crippen LogP) is 6.41. The first-order valence-corrected chi connectivity index (χ1v) is 16.8. The molecule has 0 aliphatic heterocycles. The third-order valence-corrected chi connectivity index (χ3v) is 8.61. The molecule has 2 amide bonds. The van der Waals surface area contributed by atoms with Crippen molar-refractivity contribution in [1.82, 2.24) is 10.3 Å². The minimum absolute atomic E-state index is 0.171. The quantitative estimate of drug-likeness (QED) is 0.0505. The van der Waals surface area contributed by atoms with Crippen molar-refractivity contribution in [2.75, 3.05) is 38.8 Å². The molecule has 5 N–H and O–H groups in total. The highest BCUT2D eigenvalue weighted by Crippen LogP contribution is 2.37. The van der Waals surface area contributed by atoms with E-state index >= 15 is 0 Å². The van der Waals surface area contributed by atoms with E-state index in [-0.39, 0.29) is 11.7 Å². The number of carbonyl (C=O) groups is 4. The topological polar surface area (TPSA) is 192 Å². The maximum Gasteiger partial charge on any atom is 0.490 e. The molecule has 14 nitrogen and oxygen atoms in total. The number of hydrogen-bond acceptors (Lipinski definition) is 12. The number of alkyl halides is 3. The number of nitrogens with two attached hydrogens (primary N) is 1. The number of esters is 1. The average Bonchev–Trinajstić information content (AvgIpc) is 3.14. The first kappa shape index (κ1) is 42.7. The van der Waals surface area contributed by atoms with Gasteiger partial charge in [-0.1, -0.05) is 26.0 Å².